The van der Waals surface area contributed by atoms with Crippen LogP contribution >= 0.6 is 0 Å². The van der Waals surface area contributed by atoms with Gasteiger partial charge in [-0.15, -0.1) is 0 Å². The molecule has 2 aromatic carbocycles. The molecule has 0 saturated carbocycles. The molecule has 2 heterocycles. The van der Waals surface area contributed by atoms with Crippen molar-refractivity contribution in [1.29, 1.82) is 0 Å². The highest BCUT2D eigenvalue weighted by Crippen LogP contribution is 2.39. The zero-order valence-corrected chi connectivity index (χ0v) is 19.6. The Morgan fingerprint density at radius 1 is 1.03 bits per heavy atom. The van der Waals surface area contributed by atoms with Crippen LogP contribution in [-0.2, 0) is 32.0 Å². The van der Waals surface area contributed by atoms with Crippen LogP contribution in [0.4, 0.5) is 4.39 Å². The summed E-state index contributed by atoms with van der Waals surface area (Å²) in [4.78, 5) is 0. The number of rotatable bonds is 4. The molecule has 1 N–H and O–H groups in total. The van der Waals surface area contributed by atoms with Crippen LogP contribution in [0.15, 0.2) is 48.5 Å². The van der Waals surface area contributed by atoms with Gasteiger partial charge in [-0.1, -0.05) is 42.5 Å². The third-order valence-corrected chi connectivity index (χ3v) is 10.8. The minimum absolute atomic E-state index is 0.0183. The Balaban J connectivity index is 1.58. The predicted molar refractivity (Wildman–Crippen MR) is 121 cm³/mol. The maximum absolute atomic E-state index is 15.0. The smallest absolute Gasteiger partial charge is 0.221 e. The summed E-state index contributed by atoms with van der Waals surface area (Å²) in [7, 11) is -6.86. The molecule has 32 heavy (non-hydrogen) atoms. The number of aliphatic hydroxyl groups is 1. The molecule has 9 heteroatoms. The molecule has 174 valence electrons. The van der Waals surface area contributed by atoms with Gasteiger partial charge >= 0.3 is 0 Å². The first kappa shape index (κ1) is 23.4. The van der Waals surface area contributed by atoms with Gasteiger partial charge < -0.3 is 5.11 Å². The predicted octanol–water partition coefficient (Wildman–Crippen LogP) is 3.28. The first-order chi connectivity index (χ1) is 15.0. The van der Waals surface area contributed by atoms with E-state index in [-0.39, 0.29) is 42.5 Å². The summed E-state index contributed by atoms with van der Waals surface area (Å²) < 4.78 is 66.5. The largest absolute Gasteiger partial charge is 0.385 e. The highest BCUT2D eigenvalue weighted by molar-refractivity contribution is 7.91. The van der Waals surface area contributed by atoms with Crippen LogP contribution in [0.2, 0.25) is 0 Å². The lowest BCUT2D eigenvalue weighted by Gasteiger charge is -2.37. The lowest BCUT2D eigenvalue weighted by Crippen LogP contribution is -2.44. The molecule has 6 nitrogen and oxygen atoms in total. The summed E-state index contributed by atoms with van der Waals surface area (Å²) in [5.74, 6) is -0.886. The molecule has 4 rings (SSSR count). The molecule has 0 aliphatic carbocycles. The molecule has 0 bridgehead atoms. The average Bonchev–Trinajstić information content (AvgIpc) is 2.75. The lowest BCUT2D eigenvalue weighted by atomic mass is 9.87. The molecular formula is C23H28FNO5S2. The summed E-state index contributed by atoms with van der Waals surface area (Å²) in [6, 6.07) is 13.1. The van der Waals surface area contributed by atoms with E-state index in [2.05, 4.69) is 0 Å². The van der Waals surface area contributed by atoms with Gasteiger partial charge in [-0.3, -0.25) is 0 Å². The van der Waals surface area contributed by atoms with Crippen molar-refractivity contribution in [2.75, 3.05) is 11.5 Å². The molecule has 2 fully saturated rings. The minimum Gasteiger partial charge on any atom is -0.385 e. The van der Waals surface area contributed by atoms with Gasteiger partial charge in [0, 0.05) is 18.2 Å². The maximum atomic E-state index is 15.0. The Kier molecular flexibility index (Phi) is 6.21. The van der Waals surface area contributed by atoms with Gasteiger partial charge in [0.25, 0.3) is 0 Å². The molecule has 2 aliphatic heterocycles. The van der Waals surface area contributed by atoms with Gasteiger partial charge in [-0.05, 0) is 49.8 Å². The van der Waals surface area contributed by atoms with Crippen molar-refractivity contribution < 1.29 is 26.3 Å². The summed E-state index contributed by atoms with van der Waals surface area (Å²) in [5, 5.41) is 10.2. The maximum Gasteiger partial charge on any atom is 0.221 e. The van der Waals surface area contributed by atoms with Crippen molar-refractivity contribution in [3.05, 3.63) is 71.0 Å². The van der Waals surface area contributed by atoms with E-state index < -0.39 is 36.5 Å². The molecule has 0 aromatic heterocycles. The number of hydrogen-bond acceptors (Lipinski definition) is 5. The Bertz CT molecular complexity index is 1180. The van der Waals surface area contributed by atoms with Crippen molar-refractivity contribution in [2.45, 2.75) is 56.0 Å². The Morgan fingerprint density at radius 2 is 1.69 bits per heavy atom. The number of sulfonamides is 1. The third kappa shape index (κ3) is 4.48. The Labute approximate surface area is 189 Å². The van der Waals surface area contributed by atoms with Gasteiger partial charge in [0.1, 0.15) is 11.1 Å². The SMILES string of the molecule is C[C@H]1CC[C@H](c2ccccc2)S(=O)(=O)N1Cc1ccc(C2(O)CCS(=O)(=O)CC2)cc1F. The molecule has 2 saturated heterocycles. The fourth-order valence-corrected chi connectivity index (χ4v) is 8.34. The first-order valence-corrected chi connectivity index (χ1v) is 14.1. The van der Waals surface area contributed by atoms with Crippen LogP contribution < -0.4 is 0 Å². The van der Waals surface area contributed by atoms with E-state index in [0.29, 0.717) is 18.4 Å². The molecule has 0 unspecified atom stereocenters. The summed E-state index contributed by atoms with van der Waals surface area (Å²) in [6.07, 6.45) is 1.23. The number of nitrogens with zero attached hydrogens (tertiary/aromatic N) is 1. The van der Waals surface area contributed by atoms with Crippen LogP contribution in [0.3, 0.4) is 0 Å². The van der Waals surface area contributed by atoms with E-state index in [1.54, 1.807) is 18.2 Å². The molecule has 2 aliphatic rings. The van der Waals surface area contributed by atoms with Crippen LogP contribution in [0, 0.1) is 5.82 Å². The number of benzene rings is 2. The van der Waals surface area contributed by atoms with Crippen molar-refractivity contribution >= 4 is 19.9 Å². The zero-order chi connectivity index (χ0) is 23.1. The third-order valence-electron chi connectivity index (χ3n) is 6.77. The lowest BCUT2D eigenvalue weighted by molar-refractivity contribution is 0.0260. The Morgan fingerprint density at radius 3 is 2.31 bits per heavy atom. The molecule has 0 spiro atoms. The normalized spacial score (nSPS) is 27.1. The van der Waals surface area contributed by atoms with Gasteiger partial charge in [-0.25, -0.2) is 21.2 Å². The van der Waals surface area contributed by atoms with Crippen LogP contribution in [0.1, 0.15) is 54.5 Å². The number of hydrogen-bond donors (Lipinski definition) is 1. The summed E-state index contributed by atoms with van der Waals surface area (Å²) >= 11 is 0. The van der Waals surface area contributed by atoms with Gasteiger partial charge in [-0.2, -0.15) is 4.31 Å². The van der Waals surface area contributed by atoms with Gasteiger partial charge in [0.05, 0.1) is 17.1 Å². The molecule has 2 atom stereocenters. The second-order valence-electron chi connectivity index (χ2n) is 8.91. The monoisotopic (exact) mass is 481 g/mol. The second-order valence-corrected chi connectivity index (χ2v) is 13.3. The molecule has 0 amide bonds. The van der Waals surface area contributed by atoms with Gasteiger partial charge in [0.15, 0.2) is 9.84 Å². The van der Waals surface area contributed by atoms with E-state index in [1.165, 1.54) is 16.4 Å². The van der Waals surface area contributed by atoms with Crippen molar-refractivity contribution in [3.63, 3.8) is 0 Å². The van der Waals surface area contributed by atoms with Crippen molar-refractivity contribution in [2.24, 2.45) is 0 Å². The van der Waals surface area contributed by atoms with E-state index in [9.17, 15) is 21.9 Å². The highest BCUT2D eigenvalue weighted by atomic mass is 32.2. The topological polar surface area (TPSA) is 91.8 Å². The highest BCUT2D eigenvalue weighted by Gasteiger charge is 2.41. The minimum atomic E-state index is -3.69. The standard InChI is InChI=1S/C23H28FNO5S2/c1-17-7-10-22(18-5-3-2-4-6-18)32(29,30)25(17)16-19-8-9-20(15-21(19)24)23(26)11-13-31(27,28)14-12-23/h2-6,8-9,15,17,22,26H,7,10-14,16H2,1H3/t17-,22+/m0/s1. The van der Waals surface area contributed by atoms with Crippen LogP contribution in [-0.4, -0.2) is 43.8 Å². The molecule has 0 radical (unpaired) electrons. The molecule has 2 aromatic rings. The quantitative estimate of drug-likeness (QED) is 0.724. The average molecular weight is 482 g/mol. The number of halogens is 1. The first-order valence-electron chi connectivity index (χ1n) is 10.8. The van der Waals surface area contributed by atoms with E-state index in [0.717, 1.165) is 5.56 Å². The van der Waals surface area contributed by atoms with E-state index in [4.69, 9.17) is 0 Å². The van der Waals surface area contributed by atoms with Crippen LogP contribution in [0.5, 0.6) is 0 Å². The molecular weight excluding hydrogens is 453 g/mol. The second kappa shape index (κ2) is 8.52. The van der Waals surface area contributed by atoms with Crippen LogP contribution in [0.25, 0.3) is 0 Å². The van der Waals surface area contributed by atoms with Crippen molar-refractivity contribution in [1.82, 2.24) is 4.31 Å². The van der Waals surface area contributed by atoms with E-state index >= 15 is 4.39 Å². The Hall–Kier alpha value is -1.81. The summed E-state index contributed by atoms with van der Waals surface area (Å²) in [6.45, 7) is 1.74. The van der Waals surface area contributed by atoms with E-state index in [1.807, 2.05) is 25.1 Å². The number of sulfone groups is 1. The fraction of sp³-hybridized carbons (Fsp3) is 0.478. The fourth-order valence-electron chi connectivity index (χ4n) is 4.65. The zero-order valence-electron chi connectivity index (χ0n) is 17.9. The summed E-state index contributed by atoms with van der Waals surface area (Å²) in [5.41, 5.74) is -0.113. The van der Waals surface area contributed by atoms with Gasteiger partial charge in [0.2, 0.25) is 10.0 Å². The van der Waals surface area contributed by atoms with Crippen molar-refractivity contribution in [3.8, 4) is 0 Å².